The summed E-state index contributed by atoms with van der Waals surface area (Å²) in [6.07, 6.45) is 16.3. The molecule has 3 fully saturated rings. The predicted molar refractivity (Wildman–Crippen MR) is 159 cm³/mol. The molecule has 42 heavy (non-hydrogen) atoms. The van der Waals surface area contributed by atoms with E-state index in [2.05, 4.69) is 26.2 Å². The van der Waals surface area contributed by atoms with Crippen molar-refractivity contribution in [3.05, 3.63) is 18.0 Å². The number of aromatic nitrogens is 3. The van der Waals surface area contributed by atoms with Crippen LogP contribution in [-0.2, 0) is 25.8 Å². The van der Waals surface area contributed by atoms with Crippen LogP contribution in [0.15, 0.2) is 17.5 Å². The van der Waals surface area contributed by atoms with Crippen LogP contribution in [0.5, 0.6) is 0 Å². The monoisotopic (exact) mass is 577 g/mol. The number of carbonyl (C=O) groups is 3. The smallest absolute Gasteiger partial charge is 0.297 e. The van der Waals surface area contributed by atoms with E-state index in [9.17, 15) is 14.4 Å². The molecule has 3 N–H and O–H groups in total. The van der Waals surface area contributed by atoms with Gasteiger partial charge in [0, 0.05) is 49.3 Å². The largest absolute Gasteiger partial charge is 0.381 e. The Morgan fingerprint density at radius 3 is 2.12 bits per heavy atom. The number of hydrogen-bond acceptors (Lipinski definition) is 8. The van der Waals surface area contributed by atoms with Crippen molar-refractivity contribution < 1.29 is 19.2 Å². The van der Waals surface area contributed by atoms with Crippen LogP contribution in [0.1, 0.15) is 109 Å². The molecule has 11 nitrogen and oxygen atoms in total. The van der Waals surface area contributed by atoms with Gasteiger partial charge in [0.15, 0.2) is 5.65 Å². The first-order valence-electron chi connectivity index (χ1n) is 16.0. The van der Waals surface area contributed by atoms with Gasteiger partial charge < -0.3 is 20.8 Å². The third kappa shape index (κ3) is 5.74. The lowest BCUT2D eigenvalue weighted by Crippen LogP contribution is -2.60. The van der Waals surface area contributed by atoms with E-state index < -0.39 is 17.4 Å². The molecule has 0 unspecified atom stereocenters. The lowest BCUT2D eigenvalue weighted by Gasteiger charge is -2.31. The van der Waals surface area contributed by atoms with Crippen molar-refractivity contribution in [1.82, 2.24) is 25.4 Å². The second-order valence-corrected chi connectivity index (χ2v) is 12.5. The molecular formula is C31H43N7O4. The molecule has 0 aromatic carbocycles. The van der Waals surface area contributed by atoms with Gasteiger partial charge in [0.05, 0.1) is 29.4 Å². The molecule has 0 atom stereocenters. The zero-order valence-electron chi connectivity index (χ0n) is 24.6. The van der Waals surface area contributed by atoms with Gasteiger partial charge in [-0.15, -0.1) is 0 Å². The van der Waals surface area contributed by atoms with Crippen LogP contribution in [0, 0.1) is 0 Å². The third-order valence-corrected chi connectivity index (χ3v) is 9.51. The summed E-state index contributed by atoms with van der Waals surface area (Å²) in [5.41, 5.74) is 0.957. The van der Waals surface area contributed by atoms with Gasteiger partial charge in [0.25, 0.3) is 17.4 Å². The van der Waals surface area contributed by atoms with Crippen molar-refractivity contribution >= 4 is 40.0 Å². The number of hydrogen-bond donors (Lipinski definition) is 3. The molecule has 0 radical (unpaired) electrons. The van der Waals surface area contributed by atoms with E-state index in [1.165, 1.54) is 12.8 Å². The van der Waals surface area contributed by atoms with Gasteiger partial charge in [-0.25, -0.2) is 9.67 Å². The van der Waals surface area contributed by atoms with Gasteiger partial charge >= 0.3 is 0 Å². The molecule has 2 amide bonds. The van der Waals surface area contributed by atoms with Crippen LogP contribution in [0.25, 0.3) is 11.0 Å². The predicted octanol–water partition coefficient (Wildman–Crippen LogP) is 4.14. The van der Waals surface area contributed by atoms with Gasteiger partial charge in [0.2, 0.25) is 0 Å². The van der Waals surface area contributed by atoms with Crippen molar-refractivity contribution in [3.63, 3.8) is 0 Å². The van der Waals surface area contributed by atoms with Gasteiger partial charge in [-0.05, 0) is 45.4 Å². The van der Waals surface area contributed by atoms with E-state index in [0.717, 1.165) is 80.9 Å². The maximum Gasteiger partial charge on any atom is 0.297 e. The van der Waals surface area contributed by atoms with Gasteiger partial charge in [-0.1, -0.05) is 43.7 Å². The molecule has 3 heterocycles. The fraction of sp³-hybridized carbons (Fsp3) is 0.677. The van der Waals surface area contributed by atoms with Crippen molar-refractivity contribution in [2.75, 3.05) is 5.32 Å². The molecule has 1 aliphatic heterocycles. The van der Waals surface area contributed by atoms with E-state index in [1.54, 1.807) is 12.4 Å². The number of nitrogens with zero attached hydrogens (tertiary/aromatic N) is 4. The Balaban J connectivity index is 1.31. The fourth-order valence-electron chi connectivity index (χ4n) is 6.94. The lowest BCUT2D eigenvalue weighted by molar-refractivity contribution is -0.159. The van der Waals surface area contributed by atoms with Crippen molar-refractivity contribution in [1.29, 1.82) is 0 Å². The number of oxime groups is 1. The van der Waals surface area contributed by atoms with Crippen LogP contribution in [0.4, 0.5) is 5.69 Å². The quantitative estimate of drug-likeness (QED) is 0.401. The van der Waals surface area contributed by atoms with Gasteiger partial charge in [0.1, 0.15) is 5.78 Å². The molecule has 2 aromatic rings. The molecule has 11 heteroatoms. The number of fused-ring (bicyclic) bond motifs is 1. The Labute approximate surface area is 246 Å². The average Bonchev–Trinajstić information content (AvgIpc) is 3.65. The number of amides is 2. The molecule has 6 rings (SSSR count). The molecular weight excluding hydrogens is 534 g/mol. The Hall–Kier alpha value is -3.50. The number of ketones is 1. The van der Waals surface area contributed by atoms with E-state index in [-0.39, 0.29) is 24.5 Å². The van der Waals surface area contributed by atoms with Crippen molar-refractivity contribution in [2.24, 2.45) is 5.16 Å². The lowest BCUT2D eigenvalue weighted by atomic mass is 9.88. The maximum atomic E-state index is 13.9. The van der Waals surface area contributed by atoms with E-state index in [4.69, 9.17) is 9.82 Å². The summed E-state index contributed by atoms with van der Waals surface area (Å²) < 4.78 is 1.83. The Kier molecular flexibility index (Phi) is 8.44. The highest BCUT2D eigenvalue weighted by molar-refractivity contribution is 6.18. The number of rotatable bonds is 8. The van der Waals surface area contributed by atoms with E-state index in [0.29, 0.717) is 36.4 Å². The molecule has 226 valence electrons. The second kappa shape index (κ2) is 12.4. The topological polar surface area (TPSA) is 140 Å². The van der Waals surface area contributed by atoms with Gasteiger partial charge in [-0.3, -0.25) is 14.4 Å². The summed E-state index contributed by atoms with van der Waals surface area (Å²) in [6, 6.07) is 0.165. The maximum absolute atomic E-state index is 13.9. The second-order valence-electron chi connectivity index (χ2n) is 12.5. The number of nitrogens with one attached hydrogen (secondary N) is 3. The van der Waals surface area contributed by atoms with Crippen LogP contribution < -0.4 is 16.0 Å². The first kappa shape index (κ1) is 28.6. The standard InChI is InChI=1S/C31H43N7O4/c1-2-38-28-25(19-33-38)27(34-22-13-15-23(39)16-14-22)24(18-32-28)26-17-31(42-37-26,29(40)35-20-9-5-3-6-10-20)30(41)36-21-11-7-4-8-12-21/h18-22H,2-17H2,1H3,(H,32,34)(H,35,40)(H,36,41). The summed E-state index contributed by atoms with van der Waals surface area (Å²) in [4.78, 5) is 50.5. The first-order chi connectivity index (χ1) is 20.5. The van der Waals surface area contributed by atoms with Crippen LogP contribution in [0.3, 0.4) is 0 Å². The molecule has 4 aliphatic rings. The SMILES string of the molecule is CCn1ncc2c(NC3CCC(=O)CC3)c(C3=NOC(C(=O)NC4CCCCC4)(C(=O)NC4CCCCC4)C3)cnc21. The highest BCUT2D eigenvalue weighted by atomic mass is 16.7. The zero-order chi connectivity index (χ0) is 29.1. The first-order valence-corrected chi connectivity index (χ1v) is 16.0. The number of carbonyl (C=O) groups excluding carboxylic acids is 3. The molecule has 0 bridgehead atoms. The number of anilines is 1. The molecule has 3 aliphatic carbocycles. The number of pyridine rings is 1. The van der Waals surface area contributed by atoms with Crippen molar-refractivity contribution in [2.45, 2.75) is 134 Å². The van der Waals surface area contributed by atoms with E-state index in [1.807, 2.05) is 11.6 Å². The minimum atomic E-state index is -1.78. The molecule has 0 saturated heterocycles. The average molecular weight is 578 g/mol. The third-order valence-electron chi connectivity index (χ3n) is 9.51. The normalized spacial score (nSPS) is 22.0. The summed E-state index contributed by atoms with van der Waals surface area (Å²) in [7, 11) is 0. The summed E-state index contributed by atoms with van der Waals surface area (Å²) in [5, 5.41) is 19.7. The highest BCUT2D eigenvalue weighted by Crippen LogP contribution is 2.36. The summed E-state index contributed by atoms with van der Waals surface area (Å²) in [5.74, 6) is -0.553. The number of Topliss-reactive ketones (excluding diaryl/α,β-unsaturated/α-hetero) is 1. The number of aryl methyl sites for hydroxylation is 1. The molecule has 0 spiro atoms. The fourth-order valence-corrected chi connectivity index (χ4v) is 6.94. The minimum absolute atomic E-state index is 0.0110. The van der Waals surface area contributed by atoms with Crippen molar-refractivity contribution in [3.8, 4) is 0 Å². The minimum Gasteiger partial charge on any atom is -0.381 e. The van der Waals surface area contributed by atoms with E-state index >= 15 is 0 Å². The highest BCUT2D eigenvalue weighted by Gasteiger charge is 2.55. The Bertz CT molecular complexity index is 1310. The molecule has 2 aromatic heterocycles. The van der Waals surface area contributed by atoms with Crippen LogP contribution >= 0.6 is 0 Å². The zero-order valence-corrected chi connectivity index (χ0v) is 24.6. The van der Waals surface area contributed by atoms with Gasteiger partial charge in [-0.2, -0.15) is 5.10 Å². The Morgan fingerprint density at radius 1 is 0.905 bits per heavy atom. The Morgan fingerprint density at radius 2 is 1.52 bits per heavy atom. The molecule has 3 saturated carbocycles. The summed E-state index contributed by atoms with van der Waals surface area (Å²) >= 11 is 0. The van der Waals surface area contributed by atoms with Crippen LogP contribution in [0.2, 0.25) is 0 Å². The van der Waals surface area contributed by atoms with Crippen LogP contribution in [-0.4, -0.2) is 61.8 Å². The summed E-state index contributed by atoms with van der Waals surface area (Å²) in [6.45, 7) is 2.68.